The van der Waals surface area contributed by atoms with E-state index in [0.717, 1.165) is 18.4 Å². The highest BCUT2D eigenvalue weighted by Gasteiger charge is 2.69. The number of hydrogen-bond acceptors (Lipinski definition) is 6. The van der Waals surface area contributed by atoms with Crippen LogP contribution in [0.1, 0.15) is 40.4 Å². The fraction of sp³-hybridized carbons (Fsp3) is 0.269. The largest absolute Gasteiger partial charge is 0.324 e. The van der Waals surface area contributed by atoms with Gasteiger partial charge in [-0.25, -0.2) is 4.39 Å². The minimum Gasteiger partial charge on any atom is -0.324 e. The zero-order valence-electron chi connectivity index (χ0n) is 18.6. The molecule has 3 aliphatic rings. The van der Waals surface area contributed by atoms with Gasteiger partial charge in [-0.3, -0.25) is 29.6 Å². The summed E-state index contributed by atoms with van der Waals surface area (Å²) in [5, 5.41) is 14.1. The number of nitro groups is 1. The van der Waals surface area contributed by atoms with E-state index in [1.165, 1.54) is 36.5 Å². The molecular formula is C26H21FN4O4. The van der Waals surface area contributed by atoms with Crippen molar-refractivity contribution in [2.24, 2.45) is 5.92 Å². The van der Waals surface area contributed by atoms with Gasteiger partial charge in [-0.2, -0.15) is 0 Å². The second-order valence-electron chi connectivity index (χ2n) is 9.24. The molecule has 8 nitrogen and oxygen atoms in total. The van der Waals surface area contributed by atoms with Crippen molar-refractivity contribution >= 4 is 23.1 Å². The van der Waals surface area contributed by atoms with Crippen LogP contribution in [0.2, 0.25) is 0 Å². The molecule has 1 spiro atoms. The zero-order valence-corrected chi connectivity index (χ0v) is 18.6. The van der Waals surface area contributed by atoms with Crippen LogP contribution >= 0.6 is 0 Å². The van der Waals surface area contributed by atoms with Gasteiger partial charge in [0.1, 0.15) is 17.1 Å². The van der Waals surface area contributed by atoms with Crippen LogP contribution in [0.4, 0.5) is 15.8 Å². The van der Waals surface area contributed by atoms with Gasteiger partial charge in [0, 0.05) is 41.5 Å². The number of ketones is 1. The molecule has 1 aromatic heterocycles. The second-order valence-corrected chi connectivity index (χ2v) is 9.24. The maximum atomic E-state index is 14.5. The first-order valence-electron chi connectivity index (χ1n) is 11.5. The van der Waals surface area contributed by atoms with Gasteiger partial charge < -0.3 is 5.32 Å². The van der Waals surface area contributed by atoms with Crippen LogP contribution in [0.25, 0.3) is 0 Å². The minimum absolute atomic E-state index is 0.0524. The molecule has 4 heterocycles. The molecule has 2 fully saturated rings. The van der Waals surface area contributed by atoms with Crippen molar-refractivity contribution in [3.05, 3.63) is 99.6 Å². The molecule has 176 valence electrons. The number of carbonyl (C=O) groups excluding carboxylic acids is 2. The molecule has 0 saturated carbocycles. The SMILES string of the molecule is O=C(c1ccccn1)[C@@H]1[C@H](c2ccc([N+](=O)[O-])cc2)[C@@H]2CCCN2[C@]12C(=O)Nc1ccc(F)cc12. The molecule has 35 heavy (non-hydrogen) atoms. The molecule has 6 rings (SSSR count). The van der Waals surface area contributed by atoms with Crippen molar-refractivity contribution < 1.29 is 18.9 Å². The average molecular weight is 472 g/mol. The lowest BCUT2D eigenvalue weighted by atomic mass is 9.69. The van der Waals surface area contributed by atoms with Gasteiger partial charge in [-0.15, -0.1) is 0 Å². The molecule has 0 bridgehead atoms. The number of Topliss-reactive ketones (excluding diaryl/α,β-unsaturated/α-hetero) is 1. The molecule has 0 radical (unpaired) electrons. The van der Waals surface area contributed by atoms with Crippen LogP contribution in [0.15, 0.2) is 66.9 Å². The number of rotatable bonds is 4. The first-order chi connectivity index (χ1) is 16.9. The van der Waals surface area contributed by atoms with Crippen LogP contribution < -0.4 is 5.32 Å². The van der Waals surface area contributed by atoms with Crippen LogP contribution in [-0.4, -0.2) is 39.1 Å². The highest BCUT2D eigenvalue weighted by atomic mass is 19.1. The van der Waals surface area contributed by atoms with Crippen LogP contribution in [0.3, 0.4) is 0 Å². The maximum absolute atomic E-state index is 14.5. The van der Waals surface area contributed by atoms with Gasteiger partial charge in [-0.05, 0) is 55.3 Å². The summed E-state index contributed by atoms with van der Waals surface area (Å²) in [7, 11) is 0. The third-order valence-corrected chi connectivity index (χ3v) is 7.65. The lowest BCUT2D eigenvalue weighted by Crippen LogP contribution is -2.53. The summed E-state index contributed by atoms with van der Waals surface area (Å²) in [5.41, 5.74) is 0.445. The number of anilines is 1. The number of carbonyl (C=O) groups is 2. The van der Waals surface area contributed by atoms with E-state index in [1.807, 2.05) is 4.90 Å². The van der Waals surface area contributed by atoms with E-state index in [4.69, 9.17) is 0 Å². The Morgan fingerprint density at radius 2 is 1.97 bits per heavy atom. The van der Waals surface area contributed by atoms with Crippen molar-refractivity contribution in [1.82, 2.24) is 9.88 Å². The van der Waals surface area contributed by atoms with Crippen molar-refractivity contribution in [3.8, 4) is 0 Å². The predicted octanol–water partition coefficient (Wildman–Crippen LogP) is 4.04. The molecule has 0 unspecified atom stereocenters. The van der Waals surface area contributed by atoms with Crippen LogP contribution in [-0.2, 0) is 10.3 Å². The van der Waals surface area contributed by atoms with Gasteiger partial charge in [-0.1, -0.05) is 18.2 Å². The van der Waals surface area contributed by atoms with E-state index < -0.39 is 28.1 Å². The predicted molar refractivity (Wildman–Crippen MR) is 124 cm³/mol. The molecule has 0 aliphatic carbocycles. The van der Waals surface area contributed by atoms with E-state index in [9.17, 15) is 24.1 Å². The van der Waals surface area contributed by atoms with Crippen LogP contribution in [0.5, 0.6) is 0 Å². The monoisotopic (exact) mass is 472 g/mol. The van der Waals surface area contributed by atoms with Gasteiger partial charge in [0.05, 0.1) is 10.8 Å². The Labute approximate surface area is 199 Å². The quantitative estimate of drug-likeness (QED) is 0.349. The summed E-state index contributed by atoms with van der Waals surface area (Å²) in [6, 6.07) is 15.2. The third-order valence-electron chi connectivity index (χ3n) is 7.65. The van der Waals surface area contributed by atoms with Crippen molar-refractivity contribution in [1.29, 1.82) is 0 Å². The maximum Gasteiger partial charge on any atom is 0.269 e. The number of nitro benzene ring substituents is 1. The van der Waals surface area contributed by atoms with Gasteiger partial charge >= 0.3 is 0 Å². The number of fused-ring (bicyclic) bond motifs is 4. The summed E-state index contributed by atoms with van der Waals surface area (Å²) >= 11 is 0. The summed E-state index contributed by atoms with van der Waals surface area (Å²) in [6.07, 6.45) is 3.09. The number of nitrogens with one attached hydrogen (secondary N) is 1. The Morgan fingerprint density at radius 3 is 2.69 bits per heavy atom. The lowest BCUT2D eigenvalue weighted by molar-refractivity contribution is -0.384. The molecule has 3 aliphatic heterocycles. The number of nitrogens with zero attached hydrogens (tertiary/aromatic N) is 3. The third kappa shape index (κ3) is 2.97. The Morgan fingerprint density at radius 1 is 1.17 bits per heavy atom. The average Bonchev–Trinajstić information content (AvgIpc) is 3.53. The van der Waals surface area contributed by atoms with Gasteiger partial charge in [0.25, 0.3) is 5.69 Å². The summed E-state index contributed by atoms with van der Waals surface area (Å²) in [5.74, 6) is -2.49. The summed E-state index contributed by atoms with van der Waals surface area (Å²) in [4.78, 5) is 45.1. The van der Waals surface area contributed by atoms with E-state index in [0.29, 0.717) is 17.8 Å². The molecular weight excluding hydrogens is 451 g/mol. The van der Waals surface area contributed by atoms with E-state index in [2.05, 4.69) is 10.3 Å². The minimum atomic E-state index is -1.40. The van der Waals surface area contributed by atoms with Crippen molar-refractivity contribution in [2.75, 3.05) is 11.9 Å². The molecule has 2 aromatic carbocycles. The normalized spacial score (nSPS) is 27.0. The van der Waals surface area contributed by atoms with E-state index in [-0.39, 0.29) is 29.1 Å². The second kappa shape index (κ2) is 7.78. The standard InChI is InChI=1S/C26H21FN4O4/c27-16-8-11-19-18(14-16)26(25(33)29-19)23(24(32)20-4-1-2-12-28-20)22(21-5-3-13-30(21)26)15-6-9-17(10-7-15)31(34)35/h1-2,4,6-12,14,21-23H,3,5,13H2,(H,29,33)/t21-,22+,23-,26-/m0/s1. The topological polar surface area (TPSA) is 105 Å². The Hall–Kier alpha value is -3.98. The highest BCUT2D eigenvalue weighted by molar-refractivity contribution is 6.12. The number of pyridine rings is 1. The number of hydrogen-bond donors (Lipinski definition) is 1. The zero-order chi connectivity index (χ0) is 24.3. The number of non-ortho nitro benzene ring substituents is 1. The summed E-state index contributed by atoms with van der Waals surface area (Å²) < 4.78 is 14.5. The molecule has 2 saturated heterocycles. The van der Waals surface area contributed by atoms with Crippen molar-refractivity contribution in [3.63, 3.8) is 0 Å². The van der Waals surface area contributed by atoms with E-state index in [1.54, 1.807) is 30.3 Å². The van der Waals surface area contributed by atoms with Crippen LogP contribution in [0, 0.1) is 21.8 Å². The van der Waals surface area contributed by atoms with Gasteiger partial charge in [0.15, 0.2) is 5.78 Å². The number of aromatic nitrogens is 1. The fourth-order valence-electron chi connectivity index (χ4n) is 6.39. The Kier molecular flexibility index (Phi) is 4.79. The highest BCUT2D eigenvalue weighted by Crippen LogP contribution is 2.61. The molecule has 4 atom stereocenters. The Bertz CT molecular complexity index is 1360. The number of benzene rings is 2. The Balaban J connectivity index is 1.60. The van der Waals surface area contributed by atoms with Crippen molar-refractivity contribution in [2.45, 2.75) is 30.3 Å². The van der Waals surface area contributed by atoms with Gasteiger partial charge in [0.2, 0.25) is 5.91 Å². The smallest absolute Gasteiger partial charge is 0.269 e. The molecule has 9 heteroatoms. The van der Waals surface area contributed by atoms with E-state index >= 15 is 0 Å². The first-order valence-corrected chi connectivity index (χ1v) is 11.5. The lowest BCUT2D eigenvalue weighted by Gasteiger charge is -2.36. The fourth-order valence-corrected chi connectivity index (χ4v) is 6.39. The number of amides is 1. The molecule has 3 aromatic rings. The summed E-state index contributed by atoms with van der Waals surface area (Å²) in [6.45, 7) is 0.573. The number of halogens is 1. The molecule has 1 amide bonds. The molecule has 1 N–H and O–H groups in total. The first kappa shape index (κ1) is 21.5.